The average molecular weight is 298 g/mol. The van der Waals surface area contributed by atoms with Crippen LogP contribution in [-0.4, -0.2) is 11.2 Å². The average Bonchev–Trinajstić information content (AvgIpc) is 2.83. The maximum absolute atomic E-state index is 10.5. The van der Waals surface area contributed by atoms with Crippen molar-refractivity contribution in [3.63, 3.8) is 0 Å². The molecule has 0 aromatic heterocycles. The second kappa shape index (κ2) is 5.37. The lowest BCUT2D eigenvalue weighted by atomic mass is 9.55. The van der Waals surface area contributed by atoms with Gasteiger partial charge in [0.05, 0.1) is 6.10 Å². The van der Waals surface area contributed by atoms with Crippen LogP contribution in [0.2, 0.25) is 0 Å². The Morgan fingerprint density at radius 1 is 1.18 bits per heavy atom. The van der Waals surface area contributed by atoms with Crippen molar-refractivity contribution in [3.05, 3.63) is 34.9 Å². The first-order valence-corrected chi connectivity index (χ1v) is 9.43. The number of fused-ring (bicyclic) bond motifs is 5. The van der Waals surface area contributed by atoms with E-state index in [9.17, 15) is 5.11 Å². The lowest BCUT2D eigenvalue weighted by molar-refractivity contribution is -0.0226. The number of aryl methyl sites for hydroxylation is 2. The van der Waals surface area contributed by atoms with E-state index < -0.39 is 0 Å². The molecule has 1 nitrogen and oxygen atoms in total. The van der Waals surface area contributed by atoms with Crippen LogP contribution in [0.1, 0.15) is 75.0 Å². The summed E-state index contributed by atoms with van der Waals surface area (Å²) in [6.07, 6.45) is 9.81. The molecule has 3 aliphatic rings. The molecule has 0 radical (unpaired) electrons. The van der Waals surface area contributed by atoms with E-state index in [2.05, 4.69) is 32.0 Å². The fraction of sp³-hybridized carbons (Fsp3) is 0.714. The molecule has 1 aromatic carbocycles. The molecule has 5 atom stereocenters. The predicted molar refractivity (Wildman–Crippen MR) is 91.1 cm³/mol. The number of aliphatic hydroxyl groups excluding tert-OH is 1. The highest BCUT2D eigenvalue weighted by atomic mass is 16.3. The zero-order valence-corrected chi connectivity index (χ0v) is 14.1. The molecule has 1 N–H and O–H groups in total. The van der Waals surface area contributed by atoms with E-state index in [4.69, 9.17) is 0 Å². The van der Waals surface area contributed by atoms with E-state index in [-0.39, 0.29) is 11.5 Å². The van der Waals surface area contributed by atoms with Gasteiger partial charge in [-0.3, -0.25) is 0 Å². The topological polar surface area (TPSA) is 20.2 Å². The molecule has 2 fully saturated rings. The second-order valence-electron chi connectivity index (χ2n) is 8.34. The molecule has 2 saturated carbocycles. The minimum absolute atomic E-state index is 0.0493. The maximum Gasteiger partial charge on any atom is 0.0596 e. The Hall–Kier alpha value is -0.820. The summed E-state index contributed by atoms with van der Waals surface area (Å²) in [5.41, 5.74) is 5.02. The monoisotopic (exact) mass is 298 g/mol. The molecular formula is C21H30O. The molecule has 0 bridgehead atoms. The van der Waals surface area contributed by atoms with Gasteiger partial charge < -0.3 is 5.11 Å². The minimum atomic E-state index is -0.0493. The normalized spacial score (nSPS) is 40.0. The molecule has 1 heteroatoms. The lowest BCUT2D eigenvalue weighted by Crippen LogP contribution is -2.43. The van der Waals surface area contributed by atoms with Crippen molar-refractivity contribution in [2.45, 2.75) is 77.2 Å². The Morgan fingerprint density at radius 2 is 2.05 bits per heavy atom. The molecule has 0 aliphatic heterocycles. The standard InChI is InChI=1S/C21H30O/c1-3-4-14-5-7-16-15(13-14)6-8-18-17(16)11-12-21(2)19(18)9-10-20(21)22/h5,7,13,17-20,22H,3-4,6,8-12H2,1-2H3/t17-,18-,19+,20?,21+/m1/s1. The summed E-state index contributed by atoms with van der Waals surface area (Å²) in [4.78, 5) is 0. The first kappa shape index (κ1) is 14.8. The second-order valence-corrected chi connectivity index (χ2v) is 8.34. The van der Waals surface area contributed by atoms with Gasteiger partial charge in [-0.15, -0.1) is 0 Å². The Morgan fingerprint density at radius 3 is 2.86 bits per heavy atom. The van der Waals surface area contributed by atoms with E-state index in [1.165, 1.54) is 50.5 Å². The van der Waals surface area contributed by atoms with Crippen LogP contribution >= 0.6 is 0 Å². The van der Waals surface area contributed by atoms with Gasteiger partial charge in [0, 0.05) is 0 Å². The molecule has 4 rings (SSSR count). The van der Waals surface area contributed by atoms with Crippen LogP contribution in [0.4, 0.5) is 0 Å². The first-order valence-electron chi connectivity index (χ1n) is 9.43. The van der Waals surface area contributed by atoms with Gasteiger partial charge in [-0.2, -0.15) is 0 Å². The van der Waals surface area contributed by atoms with Crippen molar-refractivity contribution < 1.29 is 5.11 Å². The third kappa shape index (κ3) is 2.08. The Labute approximate surface area is 135 Å². The molecule has 1 aromatic rings. The lowest BCUT2D eigenvalue weighted by Gasteiger charge is -2.50. The van der Waals surface area contributed by atoms with Gasteiger partial charge in [0.2, 0.25) is 0 Å². The third-order valence-electron chi connectivity index (χ3n) is 7.28. The molecule has 0 heterocycles. The van der Waals surface area contributed by atoms with E-state index in [0.29, 0.717) is 0 Å². The van der Waals surface area contributed by atoms with Crippen LogP contribution in [0, 0.1) is 17.3 Å². The smallest absolute Gasteiger partial charge is 0.0596 e. The molecule has 120 valence electrons. The summed E-state index contributed by atoms with van der Waals surface area (Å²) in [5.74, 6) is 2.34. The van der Waals surface area contributed by atoms with E-state index in [1.54, 1.807) is 11.1 Å². The SMILES string of the molecule is CCCc1ccc2c(c1)CC[C@@H]1[C@@H]2CC[C@]2(C)C(O)CC[C@@H]12. The highest BCUT2D eigenvalue weighted by molar-refractivity contribution is 5.38. The molecule has 0 saturated heterocycles. The molecule has 22 heavy (non-hydrogen) atoms. The Kier molecular flexibility index (Phi) is 3.60. The van der Waals surface area contributed by atoms with Crippen LogP contribution in [0.15, 0.2) is 18.2 Å². The molecule has 0 spiro atoms. The number of rotatable bonds is 2. The fourth-order valence-corrected chi connectivity index (χ4v) is 6.05. The van der Waals surface area contributed by atoms with Gasteiger partial charge in [0.15, 0.2) is 0 Å². The van der Waals surface area contributed by atoms with Gasteiger partial charge in [0.1, 0.15) is 0 Å². The highest BCUT2D eigenvalue weighted by Gasteiger charge is 2.54. The quantitative estimate of drug-likeness (QED) is 0.827. The summed E-state index contributed by atoms with van der Waals surface area (Å²) < 4.78 is 0. The summed E-state index contributed by atoms with van der Waals surface area (Å²) >= 11 is 0. The number of aliphatic hydroxyl groups is 1. The zero-order chi connectivity index (χ0) is 15.3. The van der Waals surface area contributed by atoms with Crippen LogP contribution in [0.3, 0.4) is 0 Å². The summed E-state index contributed by atoms with van der Waals surface area (Å²) in [5, 5.41) is 10.5. The predicted octanol–water partition coefficient (Wildman–Crippen LogP) is 4.86. The Bertz CT molecular complexity index is 563. The number of hydrogen-bond acceptors (Lipinski definition) is 1. The van der Waals surface area contributed by atoms with Gasteiger partial charge in [-0.25, -0.2) is 0 Å². The van der Waals surface area contributed by atoms with E-state index >= 15 is 0 Å². The van der Waals surface area contributed by atoms with E-state index in [0.717, 1.165) is 24.2 Å². The first-order chi connectivity index (χ1) is 10.6. The van der Waals surface area contributed by atoms with Crippen molar-refractivity contribution in [2.24, 2.45) is 17.3 Å². The molecule has 0 amide bonds. The molecule has 3 aliphatic carbocycles. The summed E-state index contributed by atoms with van der Waals surface area (Å²) in [6.45, 7) is 4.63. The summed E-state index contributed by atoms with van der Waals surface area (Å²) in [6, 6.07) is 7.32. The van der Waals surface area contributed by atoms with Gasteiger partial charge in [0.25, 0.3) is 0 Å². The van der Waals surface area contributed by atoms with Crippen molar-refractivity contribution >= 4 is 0 Å². The Balaban J connectivity index is 1.64. The van der Waals surface area contributed by atoms with Crippen LogP contribution in [0.25, 0.3) is 0 Å². The van der Waals surface area contributed by atoms with Gasteiger partial charge in [-0.05, 0) is 84.8 Å². The highest BCUT2D eigenvalue weighted by Crippen LogP contribution is 2.60. The van der Waals surface area contributed by atoms with Crippen LogP contribution in [0.5, 0.6) is 0 Å². The van der Waals surface area contributed by atoms with Crippen LogP contribution in [-0.2, 0) is 12.8 Å². The molecular weight excluding hydrogens is 268 g/mol. The largest absolute Gasteiger partial charge is 0.393 e. The van der Waals surface area contributed by atoms with Crippen molar-refractivity contribution in [1.82, 2.24) is 0 Å². The van der Waals surface area contributed by atoms with Crippen molar-refractivity contribution in [1.29, 1.82) is 0 Å². The van der Waals surface area contributed by atoms with Crippen molar-refractivity contribution in [3.8, 4) is 0 Å². The summed E-state index contributed by atoms with van der Waals surface area (Å²) in [7, 11) is 0. The minimum Gasteiger partial charge on any atom is -0.393 e. The zero-order valence-electron chi connectivity index (χ0n) is 14.1. The number of benzene rings is 1. The van der Waals surface area contributed by atoms with Gasteiger partial charge >= 0.3 is 0 Å². The fourth-order valence-electron chi connectivity index (χ4n) is 6.05. The van der Waals surface area contributed by atoms with Crippen LogP contribution < -0.4 is 0 Å². The van der Waals surface area contributed by atoms with Gasteiger partial charge in [-0.1, -0.05) is 38.5 Å². The number of hydrogen-bond donors (Lipinski definition) is 1. The molecule has 1 unspecified atom stereocenters. The van der Waals surface area contributed by atoms with E-state index in [1.807, 2.05) is 0 Å². The van der Waals surface area contributed by atoms with Crippen molar-refractivity contribution in [2.75, 3.05) is 0 Å². The third-order valence-corrected chi connectivity index (χ3v) is 7.28. The maximum atomic E-state index is 10.5.